The predicted octanol–water partition coefficient (Wildman–Crippen LogP) is 2.99. The van der Waals surface area contributed by atoms with Gasteiger partial charge in [0.2, 0.25) is 0 Å². The smallest absolute Gasteiger partial charge is 0.274 e. The quantitative estimate of drug-likeness (QED) is 0.860. The Morgan fingerprint density at radius 2 is 1.55 bits per heavy atom. The maximum Gasteiger partial charge on any atom is 0.274 e. The van der Waals surface area contributed by atoms with Crippen LogP contribution in [0.25, 0.3) is 0 Å². The lowest BCUT2D eigenvalue weighted by molar-refractivity contribution is 0.0755. The first-order valence-corrected chi connectivity index (χ1v) is 10.6. The van der Waals surface area contributed by atoms with Crippen LogP contribution in [0.3, 0.4) is 0 Å². The lowest BCUT2D eigenvalue weighted by Gasteiger charge is -2.34. The molecule has 7 heteroatoms. The van der Waals surface area contributed by atoms with Gasteiger partial charge in [0.1, 0.15) is 11.5 Å². The van der Waals surface area contributed by atoms with Gasteiger partial charge in [0.15, 0.2) is 0 Å². The standard InChI is InChI=1S/C22H30N6O/c1-26-12-14-27(15-13-26)19-8-6-18(7-9-19)25-21-17-23-20(16-24-21)22(29)28-10-4-2-3-5-11-28/h6-9,16-17H,2-5,10-15H2,1H3,(H,24,25). The summed E-state index contributed by atoms with van der Waals surface area (Å²) in [5, 5.41) is 3.27. The highest BCUT2D eigenvalue weighted by molar-refractivity contribution is 5.92. The zero-order valence-corrected chi connectivity index (χ0v) is 17.2. The van der Waals surface area contributed by atoms with Crippen LogP contribution >= 0.6 is 0 Å². The van der Waals surface area contributed by atoms with Crippen LogP contribution < -0.4 is 10.2 Å². The third-order valence-corrected chi connectivity index (χ3v) is 5.77. The van der Waals surface area contributed by atoms with Crippen molar-refractivity contribution in [2.24, 2.45) is 0 Å². The molecule has 2 aliphatic rings. The number of carbonyl (C=O) groups is 1. The highest BCUT2D eigenvalue weighted by atomic mass is 16.2. The van der Waals surface area contributed by atoms with Gasteiger partial charge in [0.05, 0.1) is 12.4 Å². The molecule has 0 saturated carbocycles. The van der Waals surface area contributed by atoms with Gasteiger partial charge in [-0.3, -0.25) is 4.79 Å². The molecule has 0 radical (unpaired) electrons. The molecule has 2 aliphatic heterocycles. The van der Waals surface area contributed by atoms with Crippen LogP contribution in [0.4, 0.5) is 17.2 Å². The van der Waals surface area contributed by atoms with E-state index in [0.29, 0.717) is 11.5 Å². The molecule has 7 nitrogen and oxygen atoms in total. The van der Waals surface area contributed by atoms with Crippen LogP contribution in [0.15, 0.2) is 36.7 Å². The lowest BCUT2D eigenvalue weighted by atomic mass is 10.2. The topological polar surface area (TPSA) is 64.6 Å². The summed E-state index contributed by atoms with van der Waals surface area (Å²) in [6, 6.07) is 8.40. The van der Waals surface area contributed by atoms with Crippen molar-refractivity contribution >= 4 is 23.1 Å². The van der Waals surface area contributed by atoms with E-state index in [4.69, 9.17) is 0 Å². The second-order valence-corrected chi connectivity index (χ2v) is 7.96. The molecule has 154 valence electrons. The van der Waals surface area contributed by atoms with E-state index in [1.54, 1.807) is 12.4 Å². The Morgan fingerprint density at radius 1 is 0.862 bits per heavy atom. The maximum absolute atomic E-state index is 12.6. The van der Waals surface area contributed by atoms with Gasteiger partial charge in [-0.05, 0) is 44.2 Å². The van der Waals surface area contributed by atoms with Crippen LogP contribution in [-0.4, -0.2) is 72.0 Å². The third kappa shape index (κ3) is 5.03. The Labute approximate surface area is 172 Å². The number of amides is 1. The molecule has 1 aromatic heterocycles. The predicted molar refractivity (Wildman–Crippen MR) is 116 cm³/mol. The highest BCUT2D eigenvalue weighted by Crippen LogP contribution is 2.21. The first kappa shape index (κ1) is 19.6. The molecule has 0 atom stereocenters. The zero-order valence-electron chi connectivity index (χ0n) is 17.2. The first-order valence-electron chi connectivity index (χ1n) is 10.6. The summed E-state index contributed by atoms with van der Waals surface area (Å²) < 4.78 is 0. The molecule has 4 rings (SSSR count). The van der Waals surface area contributed by atoms with E-state index in [0.717, 1.165) is 57.8 Å². The number of hydrogen-bond donors (Lipinski definition) is 1. The minimum Gasteiger partial charge on any atom is -0.369 e. The minimum absolute atomic E-state index is 0.0116. The molecular formula is C22H30N6O. The van der Waals surface area contributed by atoms with Crippen molar-refractivity contribution in [1.29, 1.82) is 0 Å². The van der Waals surface area contributed by atoms with E-state index >= 15 is 0 Å². The van der Waals surface area contributed by atoms with Crippen molar-refractivity contribution < 1.29 is 4.79 Å². The van der Waals surface area contributed by atoms with E-state index < -0.39 is 0 Å². The number of rotatable bonds is 4. The molecule has 0 unspecified atom stereocenters. The number of likely N-dealkylation sites (tertiary alicyclic amines) is 1. The SMILES string of the molecule is CN1CCN(c2ccc(Nc3cnc(C(=O)N4CCCCCC4)cn3)cc2)CC1. The molecule has 0 bridgehead atoms. The fourth-order valence-corrected chi connectivity index (χ4v) is 3.91. The van der Waals surface area contributed by atoms with Crippen LogP contribution in [0.2, 0.25) is 0 Å². The van der Waals surface area contributed by atoms with Gasteiger partial charge < -0.3 is 20.0 Å². The highest BCUT2D eigenvalue weighted by Gasteiger charge is 2.19. The summed E-state index contributed by atoms with van der Waals surface area (Å²) in [6.07, 6.45) is 7.76. The van der Waals surface area contributed by atoms with Gasteiger partial charge in [-0.25, -0.2) is 9.97 Å². The average Bonchev–Trinajstić information content (AvgIpc) is 3.05. The second kappa shape index (κ2) is 9.22. The number of nitrogens with zero attached hydrogens (tertiary/aromatic N) is 5. The fourth-order valence-electron chi connectivity index (χ4n) is 3.91. The molecule has 1 N–H and O–H groups in total. The maximum atomic E-state index is 12.6. The van der Waals surface area contributed by atoms with Gasteiger partial charge in [0, 0.05) is 50.6 Å². The summed E-state index contributed by atoms with van der Waals surface area (Å²) in [4.78, 5) is 28.0. The van der Waals surface area contributed by atoms with E-state index in [9.17, 15) is 4.79 Å². The Hall–Kier alpha value is -2.67. The summed E-state index contributed by atoms with van der Waals surface area (Å²) in [5.74, 6) is 0.632. The fraction of sp³-hybridized carbons (Fsp3) is 0.500. The number of benzene rings is 1. The Balaban J connectivity index is 1.35. The molecular weight excluding hydrogens is 364 g/mol. The van der Waals surface area contributed by atoms with E-state index in [-0.39, 0.29) is 5.91 Å². The Morgan fingerprint density at radius 3 is 2.17 bits per heavy atom. The van der Waals surface area contributed by atoms with Crippen LogP contribution in [-0.2, 0) is 0 Å². The van der Waals surface area contributed by atoms with Crippen molar-refractivity contribution in [3.8, 4) is 0 Å². The number of aromatic nitrogens is 2. The Bertz CT molecular complexity index is 791. The number of nitrogens with one attached hydrogen (secondary N) is 1. The zero-order chi connectivity index (χ0) is 20.1. The van der Waals surface area contributed by atoms with E-state index in [2.05, 4.69) is 56.4 Å². The van der Waals surface area contributed by atoms with Gasteiger partial charge in [-0.2, -0.15) is 0 Å². The summed E-state index contributed by atoms with van der Waals surface area (Å²) in [7, 11) is 2.16. The van der Waals surface area contributed by atoms with E-state index in [1.807, 2.05) is 4.90 Å². The van der Waals surface area contributed by atoms with Crippen LogP contribution in [0.5, 0.6) is 0 Å². The van der Waals surface area contributed by atoms with Crippen molar-refractivity contribution in [3.05, 3.63) is 42.4 Å². The normalized spacial score (nSPS) is 18.4. The number of anilines is 3. The first-order chi connectivity index (χ1) is 14.2. The van der Waals surface area contributed by atoms with Gasteiger partial charge in [-0.15, -0.1) is 0 Å². The van der Waals surface area contributed by atoms with Crippen molar-refractivity contribution in [2.75, 3.05) is 56.5 Å². The molecule has 0 aliphatic carbocycles. The third-order valence-electron chi connectivity index (χ3n) is 5.77. The molecule has 3 heterocycles. The van der Waals surface area contributed by atoms with Crippen LogP contribution in [0, 0.1) is 0 Å². The monoisotopic (exact) mass is 394 g/mol. The van der Waals surface area contributed by atoms with Crippen molar-refractivity contribution in [2.45, 2.75) is 25.7 Å². The van der Waals surface area contributed by atoms with Crippen molar-refractivity contribution in [3.63, 3.8) is 0 Å². The molecule has 0 spiro atoms. The molecule has 2 fully saturated rings. The largest absolute Gasteiger partial charge is 0.369 e. The van der Waals surface area contributed by atoms with Crippen LogP contribution in [0.1, 0.15) is 36.2 Å². The molecule has 29 heavy (non-hydrogen) atoms. The summed E-state index contributed by atoms with van der Waals surface area (Å²) in [5.41, 5.74) is 2.62. The van der Waals surface area contributed by atoms with E-state index in [1.165, 1.54) is 18.5 Å². The minimum atomic E-state index is -0.0116. The van der Waals surface area contributed by atoms with Gasteiger partial charge >= 0.3 is 0 Å². The van der Waals surface area contributed by atoms with Gasteiger partial charge in [-0.1, -0.05) is 12.8 Å². The number of carbonyl (C=O) groups excluding carboxylic acids is 1. The molecule has 2 saturated heterocycles. The second-order valence-electron chi connectivity index (χ2n) is 7.96. The van der Waals surface area contributed by atoms with Crippen molar-refractivity contribution in [1.82, 2.24) is 19.8 Å². The molecule has 1 aromatic carbocycles. The lowest BCUT2D eigenvalue weighted by Crippen LogP contribution is -2.44. The average molecular weight is 395 g/mol. The summed E-state index contributed by atoms with van der Waals surface area (Å²) >= 11 is 0. The number of hydrogen-bond acceptors (Lipinski definition) is 6. The number of piperazine rings is 1. The number of likely N-dealkylation sites (N-methyl/N-ethyl adjacent to an activating group) is 1. The summed E-state index contributed by atoms with van der Waals surface area (Å²) in [6.45, 7) is 5.94. The molecule has 1 amide bonds. The molecule has 2 aromatic rings. The van der Waals surface area contributed by atoms with Gasteiger partial charge in [0.25, 0.3) is 5.91 Å². The Kier molecular flexibility index (Phi) is 6.24.